The van der Waals surface area contributed by atoms with Gasteiger partial charge in [-0.05, 0) is 32.7 Å². The SMILES string of the molecule is CCC(C)NC(=O)CCNC(=O)CCCCN. The van der Waals surface area contributed by atoms with Crippen molar-refractivity contribution < 1.29 is 9.59 Å². The summed E-state index contributed by atoms with van der Waals surface area (Å²) in [5.74, 6) is -0.0172. The lowest BCUT2D eigenvalue weighted by atomic mass is 10.2. The number of carbonyl (C=O) groups is 2. The van der Waals surface area contributed by atoms with Crippen molar-refractivity contribution in [3.63, 3.8) is 0 Å². The van der Waals surface area contributed by atoms with Gasteiger partial charge in [0, 0.05) is 25.4 Å². The fraction of sp³-hybridized carbons (Fsp3) is 0.833. The average molecular weight is 243 g/mol. The van der Waals surface area contributed by atoms with E-state index in [0.717, 1.165) is 19.3 Å². The van der Waals surface area contributed by atoms with Crippen molar-refractivity contribution in [1.29, 1.82) is 0 Å². The zero-order valence-electron chi connectivity index (χ0n) is 10.9. The van der Waals surface area contributed by atoms with Gasteiger partial charge < -0.3 is 16.4 Å². The Morgan fingerprint density at radius 2 is 1.88 bits per heavy atom. The Balaban J connectivity index is 3.49. The van der Waals surface area contributed by atoms with E-state index in [0.29, 0.717) is 25.9 Å². The van der Waals surface area contributed by atoms with Gasteiger partial charge in [0.2, 0.25) is 11.8 Å². The third-order valence-electron chi connectivity index (χ3n) is 2.55. The maximum Gasteiger partial charge on any atom is 0.221 e. The number of carbonyl (C=O) groups excluding carboxylic acids is 2. The standard InChI is InChI=1S/C12H25N3O2/c1-3-10(2)15-12(17)7-9-14-11(16)6-4-5-8-13/h10H,3-9,13H2,1-2H3,(H,14,16)(H,15,17). The van der Waals surface area contributed by atoms with E-state index in [1.165, 1.54) is 0 Å². The molecule has 0 bridgehead atoms. The topological polar surface area (TPSA) is 84.2 Å². The molecule has 0 spiro atoms. The van der Waals surface area contributed by atoms with Crippen molar-refractivity contribution in [3.05, 3.63) is 0 Å². The van der Waals surface area contributed by atoms with Crippen LogP contribution in [0.5, 0.6) is 0 Å². The number of nitrogens with one attached hydrogen (secondary N) is 2. The highest BCUT2D eigenvalue weighted by Gasteiger charge is 2.06. The molecule has 100 valence electrons. The van der Waals surface area contributed by atoms with Gasteiger partial charge in [-0.2, -0.15) is 0 Å². The van der Waals surface area contributed by atoms with Crippen LogP contribution in [0.15, 0.2) is 0 Å². The van der Waals surface area contributed by atoms with E-state index in [-0.39, 0.29) is 17.9 Å². The smallest absolute Gasteiger partial charge is 0.221 e. The molecule has 5 heteroatoms. The summed E-state index contributed by atoms with van der Waals surface area (Å²) in [4.78, 5) is 22.7. The number of unbranched alkanes of at least 4 members (excludes halogenated alkanes) is 1. The van der Waals surface area contributed by atoms with Crippen LogP contribution in [0.2, 0.25) is 0 Å². The fourth-order valence-corrected chi connectivity index (χ4v) is 1.28. The van der Waals surface area contributed by atoms with Gasteiger partial charge in [0.25, 0.3) is 0 Å². The van der Waals surface area contributed by atoms with Crippen molar-refractivity contribution >= 4 is 11.8 Å². The Hall–Kier alpha value is -1.10. The number of nitrogens with two attached hydrogens (primary N) is 1. The summed E-state index contributed by atoms with van der Waals surface area (Å²) in [5.41, 5.74) is 5.33. The molecule has 17 heavy (non-hydrogen) atoms. The van der Waals surface area contributed by atoms with E-state index in [9.17, 15) is 9.59 Å². The molecule has 0 radical (unpaired) electrons. The molecule has 1 unspecified atom stereocenters. The lowest BCUT2D eigenvalue weighted by Gasteiger charge is -2.11. The second-order valence-electron chi connectivity index (χ2n) is 4.22. The van der Waals surface area contributed by atoms with Crippen molar-refractivity contribution in [1.82, 2.24) is 10.6 Å². The minimum absolute atomic E-state index is 0.00482. The van der Waals surface area contributed by atoms with Crippen molar-refractivity contribution in [3.8, 4) is 0 Å². The van der Waals surface area contributed by atoms with Crippen molar-refractivity contribution in [2.24, 2.45) is 5.73 Å². The highest BCUT2D eigenvalue weighted by Crippen LogP contribution is 1.93. The zero-order chi connectivity index (χ0) is 13.1. The predicted molar refractivity (Wildman–Crippen MR) is 68.4 cm³/mol. The first-order valence-corrected chi connectivity index (χ1v) is 6.36. The summed E-state index contributed by atoms with van der Waals surface area (Å²) < 4.78 is 0. The van der Waals surface area contributed by atoms with Gasteiger partial charge >= 0.3 is 0 Å². The highest BCUT2D eigenvalue weighted by molar-refractivity contribution is 5.79. The quantitative estimate of drug-likeness (QED) is 0.517. The summed E-state index contributed by atoms with van der Waals surface area (Å²) in [6.45, 7) is 5.00. The van der Waals surface area contributed by atoms with Gasteiger partial charge in [-0.25, -0.2) is 0 Å². The van der Waals surface area contributed by atoms with E-state index >= 15 is 0 Å². The molecular formula is C12H25N3O2. The molecule has 0 rings (SSSR count). The van der Waals surface area contributed by atoms with Gasteiger partial charge in [-0.1, -0.05) is 6.92 Å². The van der Waals surface area contributed by atoms with Gasteiger partial charge in [0.15, 0.2) is 0 Å². The Bertz CT molecular complexity index is 232. The van der Waals surface area contributed by atoms with Crippen LogP contribution in [-0.4, -0.2) is 30.9 Å². The molecule has 4 N–H and O–H groups in total. The number of amides is 2. The van der Waals surface area contributed by atoms with E-state index in [4.69, 9.17) is 5.73 Å². The van der Waals surface area contributed by atoms with Gasteiger partial charge in [-0.15, -0.1) is 0 Å². The second-order valence-corrected chi connectivity index (χ2v) is 4.22. The molecular weight excluding hydrogens is 218 g/mol. The monoisotopic (exact) mass is 243 g/mol. The normalized spacial score (nSPS) is 11.9. The Morgan fingerprint density at radius 1 is 1.18 bits per heavy atom. The highest BCUT2D eigenvalue weighted by atomic mass is 16.2. The lowest BCUT2D eigenvalue weighted by Crippen LogP contribution is -2.35. The van der Waals surface area contributed by atoms with Crippen LogP contribution in [0.1, 0.15) is 46.0 Å². The number of hydrogen-bond donors (Lipinski definition) is 3. The summed E-state index contributed by atoms with van der Waals surface area (Å²) >= 11 is 0. The molecule has 0 aliphatic rings. The zero-order valence-corrected chi connectivity index (χ0v) is 10.9. The molecule has 0 aliphatic heterocycles. The fourth-order valence-electron chi connectivity index (χ4n) is 1.28. The summed E-state index contributed by atoms with van der Waals surface area (Å²) in [6.07, 6.45) is 3.41. The Kier molecular flexibility index (Phi) is 9.43. The molecule has 0 heterocycles. The average Bonchev–Trinajstić information content (AvgIpc) is 2.29. The summed E-state index contributed by atoms with van der Waals surface area (Å²) in [6, 6.07) is 0.197. The van der Waals surface area contributed by atoms with Crippen LogP contribution < -0.4 is 16.4 Å². The van der Waals surface area contributed by atoms with E-state index < -0.39 is 0 Å². The largest absolute Gasteiger partial charge is 0.356 e. The van der Waals surface area contributed by atoms with Gasteiger partial charge in [-0.3, -0.25) is 9.59 Å². The molecule has 1 atom stereocenters. The third-order valence-corrected chi connectivity index (χ3v) is 2.55. The predicted octanol–water partition coefficient (Wildman–Crippen LogP) is 0.536. The lowest BCUT2D eigenvalue weighted by molar-refractivity contribution is -0.122. The molecule has 0 aromatic carbocycles. The molecule has 0 saturated heterocycles. The molecule has 0 fully saturated rings. The van der Waals surface area contributed by atoms with E-state index in [1.54, 1.807) is 0 Å². The van der Waals surface area contributed by atoms with Crippen LogP contribution in [0.25, 0.3) is 0 Å². The Labute approximate surface area is 104 Å². The molecule has 2 amide bonds. The van der Waals surface area contributed by atoms with Crippen LogP contribution in [0, 0.1) is 0 Å². The summed E-state index contributed by atoms with van der Waals surface area (Å²) in [5, 5.41) is 5.57. The molecule has 0 aliphatic carbocycles. The molecule has 0 aromatic heterocycles. The van der Waals surface area contributed by atoms with Gasteiger partial charge in [0.05, 0.1) is 0 Å². The van der Waals surface area contributed by atoms with Crippen LogP contribution in [0.3, 0.4) is 0 Å². The van der Waals surface area contributed by atoms with Crippen molar-refractivity contribution in [2.75, 3.05) is 13.1 Å². The molecule has 0 aromatic rings. The molecule has 0 saturated carbocycles. The van der Waals surface area contributed by atoms with Gasteiger partial charge in [0.1, 0.15) is 0 Å². The second kappa shape index (κ2) is 10.1. The first-order chi connectivity index (χ1) is 8.10. The van der Waals surface area contributed by atoms with E-state index in [2.05, 4.69) is 10.6 Å². The summed E-state index contributed by atoms with van der Waals surface area (Å²) in [7, 11) is 0. The van der Waals surface area contributed by atoms with Crippen LogP contribution in [0.4, 0.5) is 0 Å². The maximum absolute atomic E-state index is 11.4. The Morgan fingerprint density at radius 3 is 2.47 bits per heavy atom. The number of rotatable bonds is 9. The number of hydrogen-bond acceptors (Lipinski definition) is 3. The van der Waals surface area contributed by atoms with Crippen molar-refractivity contribution in [2.45, 2.75) is 52.0 Å². The minimum atomic E-state index is -0.0124. The first kappa shape index (κ1) is 15.9. The third kappa shape index (κ3) is 9.81. The van der Waals surface area contributed by atoms with E-state index in [1.807, 2.05) is 13.8 Å². The van der Waals surface area contributed by atoms with Crippen LogP contribution in [-0.2, 0) is 9.59 Å². The molecule has 5 nitrogen and oxygen atoms in total. The first-order valence-electron chi connectivity index (χ1n) is 6.36. The maximum atomic E-state index is 11.4. The minimum Gasteiger partial charge on any atom is -0.356 e. The van der Waals surface area contributed by atoms with Crippen LogP contribution >= 0.6 is 0 Å².